The van der Waals surface area contributed by atoms with E-state index in [4.69, 9.17) is 5.73 Å². The lowest BCUT2D eigenvalue weighted by Crippen LogP contribution is -2.31. The predicted molar refractivity (Wildman–Crippen MR) is 126 cm³/mol. The highest BCUT2D eigenvalue weighted by atomic mass is 19.1. The number of nitrogens with one attached hydrogen (secondary N) is 1. The molecule has 8 heteroatoms. The maximum Gasteiger partial charge on any atom is 0.254 e. The predicted octanol–water partition coefficient (Wildman–Crippen LogP) is 3.80. The molecule has 34 heavy (non-hydrogen) atoms. The van der Waals surface area contributed by atoms with Crippen LogP contribution >= 0.6 is 0 Å². The van der Waals surface area contributed by atoms with Crippen LogP contribution in [-0.2, 0) is 6.42 Å². The van der Waals surface area contributed by atoms with Gasteiger partial charge in [-0.15, -0.1) is 0 Å². The molecule has 1 aliphatic rings. The van der Waals surface area contributed by atoms with Gasteiger partial charge in [-0.2, -0.15) is 5.26 Å². The molecule has 0 aliphatic carbocycles. The number of hydrogen-bond donors (Lipinski definition) is 2. The van der Waals surface area contributed by atoms with Gasteiger partial charge in [0.1, 0.15) is 23.4 Å². The van der Waals surface area contributed by atoms with E-state index in [2.05, 4.69) is 10.3 Å². The SMILES string of the molecule is N#Cc1ncc(C(=O)NCCCc2ccccc2)c(N2CC[C@H](N)C2)c1-c1cc(F)cc(F)c1. The maximum absolute atomic E-state index is 14.1. The number of amides is 1. The van der Waals surface area contributed by atoms with Gasteiger partial charge in [-0.1, -0.05) is 30.3 Å². The molecule has 0 unspecified atom stereocenters. The Morgan fingerprint density at radius 2 is 1.94 bits per heavy atom. The first-order valence-electron chi connectivity index (χ1n) is 11.2. The van der Waals surface area contributed by atoms with Crippen LogP contribution in [0.1, 0.15) is 34.5 Å². The van der Waals surface area contributed by atoms with Gasteiger partial charge in [0.25, 0.3) is 5.91 Å². The Labute approximate surface area is 197 Å². The highest BCUT2D eigenvalue weighted by molar-refractivity contribution is 6.04. The van der Waals surface area contributed by atoms with E-state index >= 15 is 0 Å². The first kappa shape index (κ1) is 23.3. The third kappa shape index (κ3) is 5.21. The molecule has 2 heterocycles. The zero-order chi connectivity index (χ0) is 24.1. The van der Waals surface area contributed by atoms with Gasteiger partial charge in [-0.3, -0.25) is 4.79 Å². The average molecular weight is 462 g/mol. The molecule has 3 aromatic rings. The van der Waals surface area contributed by atoms with Crippen molar-refractivity contribution in [3.63, 3.8) is 0 Å². The minimum absolute atomic E-state index is 0.0129. The van der Waals surface area contributed by atoms with Crippen LogP contribution in [0.4, 0.5) is 14.5 Å². The molecule has 1 fully saturated rings. The van der Waals surface area contributed by atoms with Gasteiger partial charge >= 0.3 is 0 Å². The number of carbonyl (C=O) groups excluding carboxylic acids is 1. The van der Waals surface area contributed by atoms with Gasteiger partial charge in [-0.05, 0) is 42.5 Å². The van der Waals surface area contributed by atoms with Crippen molar-refractivity contribution in [2.45, 2.75) is 25.3 Å². The van der Waals surface area contributed by atoms with Gasteiger partial charge in [0, 0.05) is 43.5 Å². The highest BCUT2D eigenvalue weighted by Crippen LogP contribution is 2.38. The van der Waals surface area contributed by atoms with Crippen LogP contribution in [0.25, 0.3) is 11.1 Å². The van der Waals surface area contributed by atoms with Crippen molar-refractivity contribution >= 4 is 11.6 Å². The molecule has 3 N–H and O–H groups in total. The topological polar surface area (TPSA) is 95.0 Å². The summed E-state index contributed by atoms with van der Waals surface area (Å²) in [7, 11) is 0. The Hall–Kier alpha value is -3.83. The van der Waals surface area contributed by atoms with E-state index in [1.807, 2.05) is 41.3 Å². The maximum atomic E-state index is 14.1. The number of nitriles is 1. The Bertz CT molecular complexity index is 1210. The monoisotopic (exact) mass is 461 g/mol. The summed E-state index contributed by atoms with van der Waals surface area (Å²) in [6.07, 6.45) is 3.60. The molecule has 1 amide bonds. The molecule has 0 bridgehead atoms. The smallest absolute Gasteiger partial charge is 0.254 e. The van der Waals surface area contributed by atoms with Gasteiger partial charge in [-0.25, -0.2) is 13.8 Å². The van der Waals surface area contributed by atoms with Gasteiger partial charge in [0.2, 0.25) is 0 Å². The van der Waals surface area contributed by atoms with E-state index in [1.54, 1.807) is 0 Å². The van der Waals surface area contributed by atoms with E-state index in [-0.39, 0.29) is 34.3 Å². The molecule has 0 saturated carbocycles. The lowest BCUT2D eigenvalue weighted by Gasteiger charge is -2.25. The van der Waals surface area contributed by atoms with Crippen LogP contribution < -0.4 is 16.0 Å². The Morgan fingerprint density at radius 1 is 1.21 bits per heavy atom. The van der Waals surface area contributed by atoms with E-state index in [1.165, 1.54) is 11.8 Å². The molecule has 1 atom stereocenters. The largest absolute Gasteiger partial charge is 0.369 e. The van der Waals surface area contributed by atoms with Crippen LogP contribution in [0.3, 0.4) is 0 Å². The van der Waals surface area contributed by atoms with Crippen molar-refractivity contribution in [3.05, 3.63) is 83.2 Å². The number of pyridine rings is 1. The number of nitrogens with zero attached hydrogens (tertiary/aromatic N) is 3. The van der Waals surface area contributed by atoms with Crippen molar-refractivity contribution in [3.8, 4) is 17.2 Å². The summed E-state index contributed by atoms with van der Waals surface area (Å²) in [6, 6.07) is 14.9. The van der Waals surface area contributed by atoms with Crippen molar-refractivity contribution in [2.24, 2.45) is 5.73 Å². The molecule has 6 nitrogen and oxygen atoms in total. The number of anilines is 1. The first-order valence-corrected chi connectivity index (χ1v) is 11.2. The van der Waals surface area contributed by atoms with Crippen molar-refractivity contribution in [2.75, 3.05) is 24.5 Å². The van der Waals surface area contributed by atoms with Gasteiger partial charge < -0.3 is 16.0 Å². The van der Waals surface area contributed by atoms with E-state index in [9.17, 15) is 18.8 Å². The van der Waals surface area contributed by atoms with E-state index < -0.39 is 11.6 Å². The normalized spacial score (nSPS) is 15.2. The number of halogens is 2. The fraction of sp³-hybridized carbons (Fsp3) is 0.269. The summed E-state index contributed by atoms with van der Waals surface area (Å²) in [4.78, 5) is 19.2. The zero-order valence-corrected chi connectivity index (χ0v) is 18.6. The fourth-order valence-corrected chi connectivity index (χ4v) is 4.28. The molecule has 1 aliphatic heterocycles. The number of nitrogens with two attached hydrogens (primary N) is 1. The molecule has 0 spiro atoms. The van der Waals surface area contributed by atoms with Crippen molar-refractivity contribution in [1.82, 2.24) is 10.3 Å². The second-order valence-electron chi connectivity index (χ2n) is 8.35. The Balaban J connectivity index is 1.67. The molecule has 0 radical (unpaired) electrons. The number of benzene rings is 2. The zero-order valence-electron chi connectivity index (χ0n) is 18.6. The molecule has 1 aromatic heterocycles. The second kappa shape index (κ2) is 10.4. The third-order valence-corrected chi connectivity index (χ3v) is 5.86. The van der Waals surface area contributed by atoms with E-state index in [0.717, 1.165) is 31.0 Å². The number of carbonyl (C=O) groups is 1. The average Bonchev–Trinajstić information content (AvgIpc) is 3.26. The Kier molecular flexibility index (Phi) is 7.14. The van der Waals surface area contributed by atoms with Crippen molar-refractivity contribution < 1.29 is 13.6 Å². The van der Waals surface area contributed by atoms with Crippen LogP contribution in [-0.4, -0.2) is 36.6 Å². The molecular formula is C26H25F2N5O. The lowest BCUT2D eigenvalue weighted by molar-refractivity contribution is 0.0953. The molecule has 1 saturated heterocycles. The number of aryl methyl sites for hydroxylation is 1. The number of hydrogen-bond acceptors (Lipinski definition) is 5. The third-order valence-electron chi connectivity index (χ3n) is 5.86. The highest BCUT2D eigenvalue weighted by Gasteiger charge is 2.29. The summed E-state index contributed by atoms with van der Waals surface area (Å²) in [6.45, 7) is 1.44. The second-order valence-corrected chi connectivity index (χ2v) is 8.35. The minimum atomic E-state index is -0.779. The first-order chi connectivity index (χ1) is 16.5. The molecule has 4 rings (SSSR count). The van der Waals surface area contributed by atoms with Gasteiger partial charge in [0.05, 0.1) is 11.3 Å². The molecule has 2 aromatic carbocycles. The summed E-state index contributed by atoms with van der Waals surface area (Å²) in [5.74, 6) is -1.92. The molecule has 174 valence electrons. The lowest BCUT2D eigenvalue weighted by atomic mass is 9.97. The van der Waals surface area contributed by atoms with Crippen LogP contribution in [0.5, 0.6) is 0 Å². The van der Waals surface area contributed by atoms with Crippen LogP contribution in [0.15, 0.2) is 54.7 Å². The fourth-order valence-electron chi connectivity index (χ4n) is 4.28. The number of aromatic nitrogens is 1. The van der Waals surface area contributed by atoms with Crippen molar-refractivity contribution in [1.29, 1.82) is 5.26 Å². The number of rotatable bonds is 7. The summed E-state index contributed by atoms with van der Waals surface area (Å²) >= 11 is 0. The minimum Gasteiger partial charge on any atom is -0.369 e. The Morgan fingerprint density at radius 3 is 2.59 bits per heavy atom. The standard InChI is InChI=1S/C26H25F2N5O/c27-19-11-18(12-20(28)13-19)24-23(14-29)32-15-22(25(24)33-10-8-21(30)16-33)26(34)31-9-4-7-17-5-2-1-3-6-17/h1-3,5-6,11-13,15,21H,4,7-10,16,30H2,(H,31,34)/t21-/m0/s1. The van der Waals surface area contributed by atoms with E-state index in [0.29, 0.717) is 31.7 Å². The van der Waals surface area contributed by atoms with Crippen LogP contribution in [0, 0.1) is 23.0 Å². The summed E-state index contributed by atoms with van der Waals surface area (Å²) in [5, 5.41) is 12.6. The van der Waals surface area contributed by atoms with Crippen LogP contribution in [0.2, 0.25) is 0 Å². The summed E-state index contributed by atoms with van der Waals surface area (Å²) < 4.78 is 28.1. The summed E-state index contributed by atoms with van der Waals surface area (Å²) in [5.41, 5.74) is 8.32. The molecular weight excluding hydrogens is 436 g/mol. The van der Waals surface area contributed by atoms with Gasteiger partial charge in [0.15, 0.2) is 0 Å². The quantitative estimate of drug-likeness (QED) is 0.522.